The predicted octanol–water partition coefficient (Wildman–Crippen LogP) is 5.55. The zero-order chi connectivity index (χ0) is 22.1. The van der Waals surface area contributed by atoms with Crippen molar-refractivity contribution in [3.63, 3.8) is 0 Å². The molecule has 2 N–H and O–H groups in total. The number of benzene rings is 2. The van der Waals surface area contributed by atoms with Crippen LogP contribution < -0.4 is 10.6 Å². The summed E-state index contributed by atoms with van der Waals surface area (Å²) < 4.78 is 3.60. The summed E-state index contributed by atoms with van der Waals surface area (Å²) in [4.78, 5) is 25.1. The van der Waals surface area contributed by atoms with E-state index in [1.807, 2.05) is 0 Å². The average Bonchev–Trinajstić information content (AvgIpc) is 3.25. The van der Waals surface area contributed by atoms with Crippen molar-refractivity contribution in [1.82, 2.24) is 5.32 Å². The Labute approximate surface area is 198 Å². The minimum atomic E-state index is -1.30. The quantitative estimate of drug-likeness (QED) is 0.379. The molecule has 0 aromatic heterocycles. The second kappa shape index (κ2) is 9.51. The molecule has 2 amide bonds. The first-order valence-electron chi connectivity index (χ1n) is 8.86. The summed E-state index contributed by atoms with van der Waals surface area (Å²) in [6.45, 7) is 0.694. The minimum Gasteiger partial charge on any atom is -0.383 e. The van der Waals surface area contributed by atoms with Gasteiger partial charge in [-0.2, -0.15) is 0 Å². The Morgan fingerprint density at radius 1 is 1.07 bits per heavy atom. The maximum absolute atomic E-state index is 12.8. The second-order valence-electron chi connectivity index (χ2n) is 6.77. The van der Waals surface area contributed by atoms with Gasteiger partial charge in [0.25, 0.3) is 5.91 Å². The molecule has 0 spiro atoms. The van der Waals surface area contributed by atoms with Gasteiger partial charge in [0.2, 0.25) is 5.91 Å². The van der Waals surface area contributed by atoms with Crippen LogP contribution in [0, 0.1) is 5.92 Å². The smallest absolute Gasteiger partial charge is 0.252 e. The highest BCUT2D eigenvalue weighted by Gasteiger charge is 2.67. The van der Waals surface area contributed by atoms with Crippen molar-refractivity contribution in [2.24, 2.45) is 5.92 Å². The number of anilines is 1. The first kappa shape index (κ1) is 23.5. The molecule has 0 bridgehead atoms. The molecule has 2 atom stereocenters. The molecule has 2 aromatic rings. The molecule has 3 rings (SSSR count). The van der Waals surface area contributed by atoms with Crippen LogP contribution in [-0.2, 0) is 9.53 Å². The van der Waals surface area contributed by atoms with Crippen molar-refractivity contribution in [2.45, 2.75) is 10.3 Å². The normalized spacial score (nSPS) is 19.3. The van der Waals surface area contributed by atoms with Crippen molar-refractivity contribution in [2.75, 3.05) is 25.6 Å². The third kappa shape index (κ3) is 5.16. The summed E-state index contributed by atoms with van der Waals surface area (Å²) in [5, 5.41) is 6.53. The Morgan fingerprint density at radius 2 is 1.73 bits per heavy atom. The van der Waals surface area contributed by atoms with Crippen LogP contribution in [0.15, 0.2) is 36.4 Å². The van der Waals surface area contributed by atoms with Crippen molar-refractivity contribution in [3.8, 4) is 0 Å². The summed E-state index contributed by atoms with van der Waals surface area (Å²) in [7, 11) is 1.53. The van der Waals surface area contributed by atoms with Gasteiger partial charge in [-0.3, -0.25) is 9.59 Å². The Morgan fingerprint density at radius 3 is 2.37 bits per heavy atom. The number of nitrogens with one attached hydrogen (secondary N) is 2. The minimum absolute atomic E-state index is 0.225. The lowest BCUT2D eigenvalue weighted by atomic mass is 10.1. The van der Waals surface area contributed by atoms with E-state index in [0.29, 0.717) is 34.4 Å². The fraction of sp³-hybridized carbons (Fsp3) is 0.300. The van der Waals surface area contributed by atoms with Crippen LogP contribution in [-0.4, -0.2) is 36.4 Å². The van der Waals surface area contributed by atoms with E-state index in [9.17, 15) is 9.59 Å². The predicted molar refractivity (Wildman–Crippen MR) is 121 cm³/mol. The van der Waals surface area contributed by atoms with Crippen LogP contribution in [0.2, 0.25) is 15.1 Å². The number of rotatable bonds is 7. The monoisotopic (exact) mass is 508 g/mol. The largest absolute Gasteiger partial charge is 0.383 e. The number of alkyl halides is 2. The zero-order valence-electron chi connectivity index (χ0n) is 15.6. The second-order valence-corrected chi connectivity index (χ2v) is 9.49. The van der Waals surface area contributed by atoms with E-state index in [1.54, 1.807) is 24.3 Å². The summed E-state index contributed by atoms with van der Waals surface area (Å²) in [6.07, 6.45) is 0. The van der Waals surface area contributed by atoms with Crippen LogP contribution in [0.3, 0.4) is 0 Å². The van der Waals surface area contributed by atoms with Gasteiger partial charge in [0, 0.05) is 35.3 Å². The molecule has 30 heavy (non-hydrogen) atoms. The highest BCUT2D eigenvalue weighted by Crippen LogP contribution is 2.65. The van der Waals surface area contributed by atoms with Crippen molar-refractivity contribution in [1.29, 1.82) is 0 Å². The fourth-order valence-electron chi connectivity index (χ4n) is 3.18. The molecule has 160 valence electrons. The zero-order valence-corrected chi connectivity index (χ0v) is 19.4. The molecule has 5 nitrogen and oxygen atoms in total. The Bertz CT molecular complexity index is 963. The maximum atomic E-state index is 12.8. The van der Waals surface area contributed by atoms with Gasteiger partial charge < -0.3 is 15.4 Å². The van der Waals surface area contributed by atoms with Crippen LogP contribution >= 0.6 is 58.0 Å². The summed E-state index contributed by atoms with van der Waals surface area (Å²) in [5.74, 6) is -1.96. The number of halogens is 5. The number of amides is 2. The van der Waals surface area contributed by atoms with Gasteiger partial charge in [-0.25, -0.2) is 0 Å². The molecule has 1 aliphatic rings. The Kier molecular flexibility index (Phi) is 7.44. The molecule has 0 aliphatic heterocycles. The van der Waals surface area contributed by atoms with Crippen molar-refractivity contribution >= 4 is 75.5 Å². The van der Waals surface area contributed by atoms with Gasteiger partial charge in [0.1, 0.15) is 4.33 Å². The Hall–Kier alpha value is -1.21. The van der Waals surface area contributed by atoms with E-state index in [-0.39, 0.29) is 16.5 Å². The lowest BCUT2D eigenvalue weighted by Gasteiger charge is -2.10. The molecule has 0 radical (unpaired) electrons. The molecular formula is C20H17Cl5N2O3. The highest BCUT2D eigenvalue weighted by atomic mass is 35.5. The van der Waals surface area contributed by atoms with Crippen LogP contribution in [0.1, 0.15) is 21.8 Å². The van der Waals surface area contributed by atoms with Gasteiger partial charge in [-0.15, -0.1) is 23.2 Å². The van der Waals surface area contributed by atoms with E-state index in [4.69, 9.17) is 62.7 Å². The first-order chi connectivity index (χ1) is 14.1. The molecule has 1 aliphatic carbocycles. The molecular weight excluding hydrogens is 493 g/mol. The molecule has 10 heteroatoms. The highest BCUT2D eigenvalue weighted by molar-refractivity contribution is 6.53. The van der Waals surface area contributed by atoms with Crippen molar-refractivity contribution in [3.05, 3.63) is 62.6 Å². The molecule has 2 aromatic carbocycles. The van der Waals surface area contributed by atoms with E-state index in [1.165, 1.54) is 19.2 Å². The first-order valence-corrected chi connectivity index (χ1v) is 10.8. The fourth-order valence-corrected chi connectivity index (χ4v) is 4.76. The molecule has 1 saturated carbocycles. The number of carbonyl (C=O) groups is 2. The van der Waals surface area contributed by atoms with Crippen LogP contribution in [0.25, 0.3) is 0 Å². The standard InChI is InChI=1S/C20H17Cl5N2O3/c1-30-5-4-26-18(28)14-9-13(2-3-15(14)23)27-19(29)17-16(20(17,24)25)10-6-11(21)8-12(22)7-10/h2-3,6-9,16-17H,4-5H2,1H3,(H,26,28)(H,27,29)/t16-,17+/m1/s1. The van der Waals surface area contributed by atoms with Gasteiger partial charge in [0.05, 0.1) is 23.1 Å². The lowest BCUT2D eigenvalue weighted by molar-refractivity contribution is -0.117. The van der Waals surface area contributed by atoms with E-state index < -0.39 is 22.1 Å². The summed E-state index contributed by atoms with van der Waals surface area (Å²) in [6, 6.07) is 9.54. The molecule has 0 heterocycles. The van der Waals surface area contributed by atoms with Gasteiger partial charge in [-0.05, 0) is 42.0 Å². The van der Waals surface area contributed by atoms with Crippen LogP contribution in [0.5, 0.6) is 0 Å². The third-order valence-corrected chi connectivity index (χ3v) is 6.36. The SMILES string of the molecule is COCCNC(=O)c1cc(NC(=O)[C@@H]2[C@@H](c3cc(Cl)cc(Cl)c3)C2(Cl)Cl)ccc1Cl. The third-order valence-electron chi connectivity index (χ3n) is 4.65. The molecule has 1 fully saturated rings. The summed E-state index contributed by atoms with van der Waals surface area (Å²) >= 11 is 31.0. The number of hydrogen-bond acceptors (Lipinski definition) is 3. The van der Waals surface area contributed by atoms with Crippen molar-refractivity contribution < 1.29 is 14.3 Å². The average molecular weight is 511 g/mol. The molecule has 0 unspecified atom stereocenters. The number of hydrogen-bond donors (Lipinski definition) is 2. The van der Waals surface area contributed by atoms with Gasteiger partial charge >= 0.3 is 0 Å². The van der Waals surface area contributed by atoms with E-state index in [2.05, 4.69) is 10.6 Å². The van der Waals surface area contributed by atoms with E-state index in [0.717, 1.165) is 0 Å². The number of methoxy groups -OCH3 is 1. The topological polar surface area (TPSA) is 67.4 Å². The van der Waals surface area contributed by atoms with Gasteiger partial charge in [0.15, 0.2) is 0 Å². The number of ether oxygens (including phenoxy) is 1. The maximum Gasteiger partial charge on any atom is 0.252 e. The Balaban J connectivity index is 1.74. The van der Waals surface area contributed by atoms with E-state index >= 15 is 0 Å². The number of carbonyl (C=O) groups excluding carboxylic acids is 2. The summed E-state index contributed by atoms with van der Waals surface area (Å²) in [5.41, 5.74) is 1.29. The molecule has 0 saturated heterocycles. The van der Waals surface area contributed by atoms with Gasteiger partial charge in [-0.1, -0.05) is 34.8 Å². The lowest BCUT2D eigenvalue weighted by Crippen LogP contribution is -2.27. The van der Waals surface area contributed by atoms with Crippen LogP contribution in [0.4, 0.5) is 5.69 Å².